The second-order valence-electron chi connectivity index (χ2n) is 6.44. The number of aryl methyl sites for hydroxylation is 3. The van der Waals surface area contributed by atoms with Crippen molar-refractivity contribution in [2.24, 2.45) is 0 Å². The van der Waals surface area contributed by atoms with Gasteiger partial charge in [0.05, 0.1) is 0 Å². The molecule has 0 bridgehead atoms. The van der Waals surface area contributed by atoms with Gasteiger partial charge in [0.25, 0.3) is 0 Å². The van der Waals surface area contributed by atoms with Gasteiger partial charge in [0.2, 0.25) is 0 Å². The summed E-state index contributed by atoms with van der Waals surface area (Å²) in [6.07, 6.45) is 1.02. The van der Waals surface area contributed by atoms with Crippen molar-refractivity contribution in [3.63, 3.8) is 0 Å². The lowest BCUT2D eigenvalue weighted by Crippen LogP contribution is -2.58. The lowest BCUT2D eigenvalue weighted by molar-refractivity contribution is 0.274. The Balaban J connectivity index is 1.97. The van der Waals surface area contributed by atoms with Gasteiger partial charge in [-0.05, 0) is 61.6 Å². The number of rotatable bonds is 3. The Kier molecular flexibility index (Phi) is 3.58. The average molecular weight is 283 g/mol. The average Bonchev–Trinajstić information content (AvgIpc) is 2.37. The lowest BCUT2D eigenvalue weighted by atomic mass is 9.70. The fourth-order valence-electron chi connectivity index (χ4n) is 3.49. The molecule has 0 atom stereocenters. The number of hydrogen-bond acceptors (Lipinski definition) is 1. The van der Waals surface area contributed by atoms with Crippen LogP contribution in [0, 0.1) is 26.6 Å². The van der Waals surface area contributed by atoms with E-state index in [9.17, 15) is 4.39 Å². The summed E-state index contributed by atoms with van der Waals surface area (Å²) in [4.78, 5) is 0. The van der Waals surface area contributed by atoms with E-state index in [4.69, 9.17) is 0 Å². The zero-order valence-corrected chi connectivity index (χ0v) is 13.0. The monoisotopic (exact) mass is 283 g/mol. The smallest absolute Gasteiger partial charge is 0.123 e. The molecule has 0 aromatic heterocycles. The summed E-state index contributed by atoms with van der Waals surface area (Å²) < 4.78 is 13.2. The number of halogens is 1. The van der Waals surface area contributed by atoms with Gasteiger partial charge in [0, 0.05) is 18.5 Å². The fourth-order valence-corrected chi connectivity index (χ4v) is 3.49. The minimum absolute atomic E-state index is 0.110. The Morgan fingerprint density at radius 3 is 2.05 bits per heavy atom. The van der Waals surface area contributed by atoms with Crippen LogP contribution in [0.15, 0.2) is 36.4 Å². The standard InChI is InChI=1S/C19H22FN/c1-13-8-14(2)18(15(3)9-13)10-19(11-21-12-19)16-4-6-17(20)7-5-16/h4-9,21H,10-12H2,1-3H3. The summed E-state index contributed by atoms with van der Waals surface area (Å²) in [6.45, 7) is 8.46. The predicted octanol–water partition coefficient (Wildman–Crippen LogP) is 3.83. The Morgan fingerprint density at radius 1 is 1.00 bits per heavy atom. The second kappa shape index (κ2) is 5.27. The van der Waals surface area contributed by atoms with E-state index in [-0.39, 0.29) is 11.2 Å². The van der Waals surface area contributed by atoms with Gasteiger partial charge in [-0.25, -0.2) is 4.39 Å². The van der Waals surface area contributed by atoms with E-state index in [0.717, 1.165) is 19.5 Å². The molecule has 21 heavy (non-hydrogen) atoms. The third-order valence-corrected chi connectivity index (χ3v) is 4.74. The lowest BCUT2D eigenvalue weighted by Gasteiger charge is -2.44. The molecule has 1 N–H and O–H groups in total. The third kappa shape index (κ3) is 2.60. The van der Waals surface area contributed by atoms with Crippen molar-refractivity contribution < 1.29 is 4.39 Å². The highest BCUT2D eigenvalue weighted by Gasteiger charge is 2.39. The van der Waals surface area contributed by atoms with E-state index in [1.807, 2.05) is 12.1 Å². The van der Waals surface area contributed by atoms with Crippen molar-refractivity contribution >= 4 is 0 Å². The summed E-state index contributed by atoms with van der Waals surface area (Å²) in [6, 6.07) is 11.5. The van der Waals surface area contributed by atoms with E-state index in [1.54, 1.807) is 12.1 Å². The molecule has 0 amide bonds. The number of nitrogens with one attached hydrogen (secondary N) is 1. The zero-order valence-electron chi connectivity index (χ0n) is 13.0. The van der Waals surface area contributed by atoms with Gasteiger partial charge < -0.3 is 5.32 Å². The molecule has 1 nitrogen and oxygen atoms in total. The molecule has 0 radical (unpaired) electrons. The van der Waals surface area contributed by atoms with E-state index in [0.29, 0.717) is 0 Å². The first-order valence-electron chi connectivity index (χ1n) is 7.54. The maximum Gasteiger partial charge on any atom is 0.123 e. The summed E-state index contributed by atoms with van der Waals surface area (Å²) in [5.41, 5.74) is 6.82. The molecule has 3 rings (SSSR count). The van der Waals surface area contributed by atoms with E-state index < -0.39 is 0 Å². The summed E-state index contributed by atoms with van der Waals surface area (Å²) in [7, 11) is 0. The molecule has 1 saturated heterocycles. The van der Waals surface area contributed by atoms with E-state index >= 15 is 0 Å². The maximum atomic E-state index is 13.2. The van der Waals surface area contributed by atoms with Crippen LogP contribution >= 0.6 is 0 Å². The van der Waals surface area contributed by atoms with Crippen LogP contribution < -0.4 is 5.32 Å². The minimum Gasteiger partial charge on any atom is -0.315 e. The summed E-state index contributed by atoms with van der Waals surface area (Å²) in [5, 5.41) is 3.39. The molecule has 1 aliphatic heterocycles. The maximum absolute atomic E-state index is 13.2. The number of benzene rings is 2. The Labute approximate surface area is 126 Å². The molecule has 2 aromatic rings. The van der Waals surface area contributed by atoms with E-state index in [2.05, 4.69) is 38.2 Å². The molecule has 0 aliphatic carbocycles. The van der Waals surface area contributed by atoms with Gasteiger partial charge in [0.15, 0.2) is 0 Å². The Bertz CT molecular complexity index is 631. The molecule has 1 heterocycles. The number of hydrogen-bond donors (Lipinski definition) is 1. The topological polar surface area (TPSA) is 12.0 Å². The quantitative estimate of drug-likeness (QED) is 0.902. The van der Waals surface area contributed by atoms with Crippen LogP contribution in [0.5, 0.6) is 0 Å². The Morgan fingerprint density at radius 2 is 1.57 bits per heavy atom. The van der Waals surface area contributed by atoms with Crippen LogP contribution in [0.4, 0.5) is 4.39 Å². The van der Waals surface area contributed by atoms with Gasteiger partial charge in [-0.2, -0.15) is 0 Å². The Hall–Kier alpha value is -1.67. The van der Waals surface area contributed by atoms with Gasteiger partial charge in [-0.1, -0.05) is 29.8 Å². The van der Waals surface area contributed by atoms with Crippen molar-refractivity contribution in [2.75, 3.05) is 13.1 Å². The van der Waals surface area contributed by atoms with Gasteiger partial charge in [0.1, 0.15) is 5.82 Å². The van der Waals surface area contributed by atoms with Crippen LogP contribution in [-0.2, 0) is 11.8 Å². The minimum atomic E-state index is -0.163. The first kappa shape index (κ1) is 14.3. The van der Waals surface area contributed by atoms with Crippen LogP contribution in [-0.4, -0.2) is 13.1 Å². The SMILES string of the molecule is Cc1cc(C)c(CC2(c3ccc(F)cc3)CNC2)c(C)c1. The molecule has 0 saturated carbocycles. The highest BCUT2D eigenvalue weighted by Crippen LogP contribution is 2.34. The molecule has 0 unspecified atom stereocenters. The second-order valence-corrected chi connectivity index (χ2v) is 6.44. The highest BCUT2D eigenvalue weighted by atomic mass is 19.1. The van der Waals surface area contributed by atoms with Gasteiger partial charge in [-0.15, -0.1) is 0 Å². The molecule has 110 valence electrons. The molecule has 1 aliphatic rings. The van der Waals surface area contributed by atoms with Gasteiger partial charge >= 0.3 is 0 Å². The molecular formula is C19H22FN. The molecule has 0 spiro atoms. The summed E-state index contributed by atoms with van der Waals surface area (Å²) >= 11 is 0. The van der Waals surface area contributed by atoms with Crippen LogP contribution in [0.2, 0.25) is 0 Å². The van der Waals surface area contributed by atoms with Crippen molar-refractivity contribution in [3.05, 3.63) is 70.0 Å². The van der Waals surface area contributed by atoms with Crippen molar-refractivity contribution in [3.8, 4) is 0 Å². The molecule has 1 fully saturated rings. The van der Waals surface area contributed by atoms with Crippen molar-refractivity contribution in [1.29, 1.82) is 0 Å². The zero-order chi connectivity index (χ0) is 15.0. The fraction of sp³-hybridized carbons (Fsp3) is 0.368. The summed E-state index contributed by atoms with van der Waals surface area (Å²) in [5.74, 6) is -0.163. The highest BCUT2D eigenvalue weighted by molar-refractivity contribution is 5.42. The molecule has 2 heteroatoms. The van der Waals surface area contributed by atoms with Gasteiger partial charge in [-0.3, -0.25) is 0 Å². The first-order valence-corrected chi connectivity index (χ1v) is 7.54. The predicted molar refractivity (Wildman–Crippen MR) is 85.3 cm³/mol. The molecular weight excluding hydrogens is 261 g/mol. The van der Waals surface area contributed by atoms with E-state index in [1.165, 1.54) is 27.8 Å². The van der Waals surface area contributed by atoms with Crippen LogP contribution in [0.3, 0.4) is 0 Å². The molecule has 2 aromatic carbocycles. The van der Waals surface area contributed by atoms with Crippen molar-refractivity contribution in [2.45, 2.75) is 32.6 Å². The normalized spacial score (nSPS) is 16.6. The third-order valence-electron chi connectivity index (χ3n) is 4.74. The van der Waals surface area contributed by atoms with Crippen LogP contribution in [0.1, 0.15) is 27.8 Å². The van der Waals surface area contributed by atoms with Crippen molar-refractivity contribution in [1.82, 2.24) is 5.32 Å². The largest absolute Gasteiger partial charge is 0.315 e. The van der Waals surface area contributed by atoms with Crippen LogP contribution in [0.25, 0.3) is 0 Å². The first-order chi connectivity index (χ1) is 10.00.